The zero-order chi connectivity index (χ0) is 21.6. The number of sulfonamides is 1. The molecule has 8 heteroatoms. The van der Waals surface area contributed by atoms with E-state index in [1.807, 2.05) is 6.07 Å². The summed E-state index contributed by atoms with van der Waals surface area (Å²) in [4.78, 5) is 24.5. The Balaban J connectivity index is 1.70. The zero-order valence-corrected chi connectivity index (χ0v) is 17.8. The highest BCUT2D eigenvalue weighted by atomic mass is 32.2. The van der Waals surface area contributed by atoms with Crippen molar-refractivity contribution in [2.45, 2.75) is 37.0 Å². The number of methoxy groups -OCH3 is 1. The molecule has 1 aliphatic rings. The number of nitrogens with zero attached hydrogens (tertiary/aromatic N) is 1. The summed E-state index contributed by atoms with van der Waals surface area (Å²) < 4.78 is 32.8. The number of piperidine rings is 1. The van der Waals surface area contributed by atoms with E-state index in [4.69, 9.17) is 4.74 Å². The topological polar surface area (TPSA) is 92.8 Å². The van der Waals surface area contributed by atoms with Crippen molar-refractivity contribution < 1.29 is 22.7 Å². The van der Waals surface area contributed by atoms with Gasteiger partial charge in [-0.3, -0.25) is 9.59 Å². The van der Waals surface area contributed by atoms with Crippen LogP contribution in [0.25, 0.3) is 0 Å². The fourth-order valence-electron chi connectivity index (χ4n) is 3.42. The van der Waals surface area contributed by atoms with Crippen LogP contribution in [0.3, 0.4) is 0 Å². The molecular weight excluding hydrogens is 404 g/mol. The van der Waals surface area contributed by atoms with Gasteiger partial charge in [0.05, 0.1) is 7.11 Å². The van der Waals surface area contributed by atoms with E-state index >= 15 is 0 Å². The molecule has 0 spiro atoms. The first-order valence-corrected chi connectivity index (χ1v) is 11.4. The SMILES string of the molecule is COc1ccc(NC(=O)CCC(=O)c2ccccc2)cc1S(=O)(=O)N1CCCCC1. The van der Waals surface area contributed by atoms with Gasteiger partial charge < -0.3 is 10.1 Å². The number of ether oxygens (including phenoxy) is 1. The van der Waals surface area contributed by atoms with Crippen molar-refractivity contribution in [3.63, 3.8) is 0 Å². The van der Waals surface area contributed by atoms with E-state index in [1.54, 1.807) is 30.3 Å². The number of hydrogen-bond donors (Lipinski definition) is 1. The molecule has 1 amide bonds. The third-order valence-corrected chi connectivity index (χ3v) is 6.97. The van der Waals surface area contributed by atoms with Crippen LogP contribution in [0, 0.1) is 0 Å². The number of hydrogen-bond acceptors (Lipinski definition) is 5. The predicted octanol–water partition coefficient (Wildman–Crippen LogP) is 3.47. The summed E-state index contributed by atoms with van der Waals surface area (Å²) in [5.41, 5.74) is 0.910. The second-order valence-electron chi connectivity index (χ2n) is 7.17. The van der Waals surface area contributed by atoms with Gasteiger partial charge in [-0.2, -0.15) is 4.31 Å². The molecule has 1 saturated heterocycles. The van der Waals surface area contributed by atoms with E-state index in [0.717, 1.165) is 19.3 Å². The van der Waals surface area contributed by atoms with Crippen LogP contribution >= 0.6 is 0 Å². The average Bonchev–Trinajstić information content (AvgIpc) is 2.78. The highest BCUT2D eigenvalue weighted by Crippen LogP contribution is 2.31. The van der Waals surface area contributed by atoms with Gasteiger partial charge in [0, 0.05) is 37.2 Å². The van der Waals surface area contributed by atoms with Gasteiger partial charge in [0.2, 0.25) is 15.9 Å². The molecule has 0 atom stereocenters. The van der Waals surface area contributed by atoms with Gasteiger partial charge in [-0.1, -0.05) is 36.8 Å². The minimum absolute atomic E-state index is 0.00790. The number of carbonyl (C=O) groups is 2. The van der Waals surface area contributed by atoms with Crippen molar-refractivity contribution >= 4 is 27.4 Å². The highest BCUT2D eigenvalue weighted by molar-refractivity contribution is 7.89. The molecule has 0 aromatic heterocycles. The lowest BCUT2D eigenvalue weighted by Gasteiger charge is -2.26. The van der Waals surface area contributed by atoms with E-state index in [9.17, 15) is 18.0 Å². The van der Waals surface area contributed by atoms with Gasteiger partial charge in [-0.05, 0) is 31.0 Å². The number of anilines is 1. The Morgan fingerprint density at radius 1 is 1.00 bits per heavy atom. The van der Waals surface area contributed by atoms with Crippen LogP contribution in [0.15, 0.2) is 53.4 Å². The molecule has 7 nitrogen and oxygen atoms in total. The third kappa shape index (κ3) is 5.25. The lowest BCUT2D eigenvalue weighted by molar-refractivity contribution is -0.116. The molecule has 160 valence electrons. The number of carbonyl (C=O) groups excluding carboxylic acids is 2. The molecule has 30 heavy (non-hydrogen) atoms. The van der Waals surface area contributed by atoms with Crippen molar-refractivity contribution in [1.29, 1.82) is 0 Å². The first-order chi connectivity index (χ1) is 14.4. The molecular formula is C22H26N2O5S. The molecule has 1 fully saturated rings. The van der Waals surface area contributed by atoms with E-state index in [2.05, 4.69) is 5.32 Å². The van der Waals surface area contributed by atoms with Crippen LogP contribution in [0.5, 0.6) is 5.75 Å². The summed E-state index contributed by atoms with van der Waals surface area (Å²) in [6.07, 6.45) is 2.75. The van der Waals surface area contributed by atoms with Crippen LogP contribution in [0.2, 0.25) is 0 Å². The van der Waals surface area contributed by atoms with Crippen molar-refractivity contribution in [1.82, 2.24) is 4.31 Å². The Bertz CT molecular complexity index is 999. The quantitative estimate of drug-likeness (QED) is 0.648. The maximum Gasteiger partial charge on any atom is 0.246 e. The van der Waals surface area contributed by atoms with Crippen molar-refractivity contribution in [3.05, 3.63) is 54.1 Å². The van der Waals surface area contributed by atoms with Crippen molar-refractivity contribution in [3.8, 4) is 5.75 Å². The number of benzene rings is 2. The second kappa shape index (κ2) is 9.86. The summed E-state index contributed by atoms with van der Waals surface area (Å²) in [5, 5.41) is 2.69. The Kier molecular flexibility index (Phi) is 7.23. The molecule has 3 rings (SSSR count). The van der Waals surface area contributed by atoms with E-state index < -0.39 is 10.0 Å². The summed E-state index contributed by atoms with van der Waals surface area (Å²) in [6.45, 7) is 0.952. The normalized spacial score (nSPS) is 14.8. The maximum atomic E-state index is 13.1. The van der Waals surface area contributed by atoms with Gasteiger partial charge in [0.25, 0.3) is 0 Å². The van der Waals surface area contributed by atoms with Gasteiger partial charge in [0.15, 0.2) is 5.78 Å². The fraction of sp³-hybridized carbons (Fsp3) is 0.364. The first-order valence-electron chi connectivity index (χ1n) is 9.98. The third-order valence-electron chi connectivity index (χ3n) is 5.06. The summed E-state index contributed by atoms with van der Waals surface area (Å²) in [7, 11) is -2.31. The van der Waals surface area contributed by atoms with Crippen LogP contribution in [0.1, 0.15) is 42.5 Å². The van der Waals surface area contributed by atoms with E-state index in [-0.39, 0.29) is 35.2 Å². The van der Waals surface area contributed by atoms with Gasteiger partial charge >= 0.3 is 0 Å². The number of nitrogens with one attached hydrogen (secondary N) is 1. The van der Waals surface area contributed by atoms with Crippen molar-refractivity contribution in [2.24, 2.45) is 0 Å². The standard InChI is InChI=1S/C22H26N2O5S/c1-29-20-12-10-18(16-21(20)30(27,28)24-14-6-3-7-15-24)23-22(26)13-11-19(25)17-8-4-2-5-9-17/h2,4-5,8-10,12,16H,3,6-7,11,13-15H2,1H3,(H,23,26). The summed E-state index contributed by atoms with van der Waals surface area (Å²) in [6, 6.07) is 13.3. The number of Topliss-reactive ketones (excluding diaryl/α,β-unsaturated/α-hetero) is 1. The molecule has 0 bridgehead atoms. The number of ketones is 1. The minimum atomic E-state index is -3.72. The maximum absolute atomic E-state index is 13.1. The molecule has 0 unspecified atom stereocenters. The molecule has 1 heterocycles. The number of rotatable bonds is 8. The first kappa shape index (κ1) is 22.0. The molecule has 1 N–H and O–H groups in total. The van der Waals surface area contributed by atoms with Crippen LogP contribution in [0.4, 0.5) is 5.69 Å². The van der Waals surface area contributed by atoms with E-state index in [0.29, 0.717) is 24.3 Å². The predicted molar refractivity (Wildman–Crippen MR) is 114 cm³/mol. The smallest absolute Gasteiger partial charge is 0.246 e. The van der Waals surface area contributed by atoms with E-state index in [1.165, 1.54) is 23.5 Å². The van der Waals surface area contributed by atoms with Crippen LogP contribution in [-0.2, 0) is 14.8 Å². The monoisotopic (exact) mass is 430 g/mol. The lowest BCUT2D eigenvalue weighted by atomic mass is 10.1. The van der Waals surface area contributed by atoms with Gasteiger partial charge in [0.1, 0.15) is 10.6 Å². The number of amides is 1. The van der Waals surface area contributed by atoms with Gasteiger partial charge in [-0.15, -0.1) is 0 Å². The summed E-state index contributed by atoms with van der Waals surface area (Å²) >= 11 is 0. The molecule has 0 aliphatic carbocycles. The molecule has 1 aliphatic heterocycles. The Morgan fingerprint density at radius 3 is 2.37 bits per heavy atom. The van der Waals surface area contributed by atoms with Crippen LogP contribution < -0.4 is 10.1 Å². The fourth-order valence-corrected chi connectivity index (χ4v) is 5.12. The molecule has 0 saturated carbocycles. The minimum Gasteiger partial charge on any atom is -0.495 e. The Morgan fingerprint density at radius 2 is 1.70 bits per heavy atom. The highest BCUT2D eigenvalue weighted by Gasteiger charge is 2.29. The molecule has 2 aromatic carbocycles. The molecule has 0 radical (unpaired) electrons. The zero-order valence-electron chi connectivity index (χ0n) is 17.0. The lowest BCUT2D eigenvalue weighted by Crippen LogP contribution is -2.35. The second-order valence-corrected chi connectivity index (χ2v) is 9.07. The van der Waals surface area contributed by atoms with Gasteiger partial charge in [-0.25, -0.2) is 8.42 Å². The van der Waals surface area contributed by atoms with Crippen molar-refractivity contribution in [2.75, 3.05) is 25.5 Å². The largest absolute Gasteiger partial charge is 0.495 e. The Labute approximate surface area is 177 Å². The average molecular weight is 431 g/mol. The molecule has 2 aromatic rings. The Hall–Kier alpha value is -2.71. The summed E-state index contributed by atoms with van der Waals surface area (Å²) in [5.74, 6) is -0.238. The van der Waals surface area contributed by atoms with Crippen LogP contribution in [-0.4, -0.2) is 44.6 Å².